The second-order valence-corrected chi connectivity index (χ2v) is 23.3. The summed E-state index contributed by atoms with van der Waals surface area (Å²) in [5, 5.41) is 12.5. The predicted molar refractivity (Wildman–Crippen MR) is 366 cm³/mol. The third kappa shape index (κ3) is 7.37. The van der Waals surface area contributed by atoms with Crippen molar-refractivity contribution in [3.8, 4) is 134 Å². The van der Waals surface area contributed by atoms with Crippen LogP contribution < -0.4 is 0 Å². The smallest absolute Gasteiger partial charge is 0.000740 e. The van der Waals surface area contributed by atoms with Crippen LogP contribution in [0.2, 0.25) is 0 Å². The van der Waals surface area contributed by atoms with Crippen LogP contribution in [0.1, 0.15) is 0 Å². The Bertz CT molecular complexity index is 5460. The van der Waals surface area contributed by atoms with Crippen LogP contribution in [0.3, 0.4) is 0 Å². The predicted octanol–water partition coefficient (Wildman–Crippen LogP) is 24.1. The molecule has 0 amide bonds. The highest BCUT2D eigenvalue weighted by molar-refractivity contribution is 6.31. The lowest BCUT2D eigenvalue weighted by atomic mass is 9.79. The largest absolute Gasteiger partial charge is 0.0622 e. The van der Waals surface area contributed by atoms with Gasteiger partial charge in [-0.2, -0.15) is 0 Å². The summed E-state index contributed by atoms with van der Waals surface area (Å²) < 4.78 is 0. The first-order valence-electron chi connectivity index (χ1n) is 30.0. The number of benzene rings is 16. The second-order valence-electron chi connectivity index (χ2n) is 23.3. The third-order valence-corrected chi connectivity index (χ3v) is 18.7. The fraction of sp³-hybridized carbons (Fsp3) is 0. The van der Waals surface area contributed by atoms with Crippen molar-refractivity contribution >= 4 is 53.9 Å². The standard InChI is InChI=1S/C86H52/c1-5-19-53(20-6-1)56-35-39-60(40-36-56)79-77-51-75(58-25-9-3-10-26-58)76(59-27-11-4-12-28-59)52-78(77)80(64-42-38-55-22-14-16-30-62(55)50-64)86-74-48-46-68(70-32-18-34-72(82(70)74)85(79)86)67-45-47-73-81-69(67)31-17-33-71(81)83-65(57-23-7-2-8-24-57)43-44-66(84(73)83)63-41-37-54-21-13-15-29-61(54)49-63/h1-52H. The lowest BCUT2D eigenvalue weighted by Gasteiger charge is -2.23. The van der Waals surface area contributed by atoms with Crippen LogP contribution in [0.4, 0.5) is 0 Å². The first-order valence-corrected chi connectivity index (χ1v) is 30.0. The first-order chi connectivity index (χ1) is 42.7. The first kappa shape index (κ1) is 48.4. The minimum atomic E-state index is 1.19. The molecule has 0 heteroatoms. The summed E-state index contributed by atoms with van der Waals surface area (Å²) in [6, 6.07) is 118. The lowest BCUT2D eigenvalue weighted by molar-refractivity contribution is 1.58. The molecule has 0 spiro atoms. The van der Waals surface area contributed by atoms with E-state index in [1.54, 1.807) is 0 Å². The Labute approximate surface area is 499 Å². The van der Waals surface area contributed by atoms with Crippen molar-refractivity contribution < 1.29 is 0 Å². The van der Waals surface area contributed by atoms with Gasteiger partial charge in [-0.05, 0) is 212 Å². The van der Waals surface area contributed by atoms with E-state index in [2.05, 4.69) is 315 Å². The lowest BCUT2D eigenvalue weighted by Crippen LogP contribution is -1.96. The van der Waals surface area contributed by atoms with Crippen LogP contribution in [-0.2, 0) is 0 Å². The molecule has 0 saturated heterocycles. The molecule has 16 aromatic carbocycles. The molecule has 0 heterocycles. The van der Waals surface area contributed by atoms with E-state index in [9.17, 15) is 0 Å². The monoisotopic (exact) mass is 1080 g/mol. The van der Waals surface area contributed by atoms with Gasteiger partial charge in [-0.15, -0.1) is 0 Å². The van der Waals surface area contributed by atoms with Gasteiger partial charge in [-0.25, -0.2) is 0 Å². The van der Waals surface area contributed by atoms with Gasteiger partial charge in [0.15, 0.2) is 0 Å². The van der Waals surface area contributed by atoms with Crippen LogP contribution >= 0.6 is 0 Å². The van der Waals surface area contributed by atoms with Gasteiger partial charge >= 0.3 is 0 Å². The Morgan fingerprint density at radius 2 is 0.465 bits per heavy atom. The normalized spacial score (nSPS) is 12.0. The van der Waals surface area contributed by atoms with E-state index in [1.807, 2.05) is 0 Å². The fourth-order valence-electron chi connectivity index (χ4n) is 14.9. The van der Waals surface area contributed by atoms with Gasteiger partial charge in [-0.1, -0.05) is 291 Å². The summed E-state index contributed by atoms with van der Waals surface area (Å²) in [4.78, 5) is 0. The average Bonchev–Trinajstić information content (AvgIpc) is 2.08. The third-order valence-electron chi connectivity index (χ3n) is 18.7. The molecule has 0 aromatic heterocycles. The zero-order chi connectivity index (χ0) is 56.4. The Balaban J connectivity index is 0.918. The Kier molecular flexibility index (Phi) is 10.8. The summed E-state index contributed by atoms with van der Waals surface area (Å²) in [6.07, 6.45) is 0. The fourth-order valence-corrected chi connectivity index (χ4v) is 14.9. The van der Waals surface area contributed by atoms with Crippen LogP contribution in [0, 0.1) is 0 Å². The maximum absolute atomic E-state index is 2.52. The summed E-state index contributed by atoms with van der Waals surface area (Å²) in [5.41, 5.74) is 29.8. The van der Waals surface area contributed by atoms with E-state index in [0.29, 0.717) is 0 Å². The summed E-state index contributed by atoms with van der Waals surface area (Å²) >= 11 is 0. The molecule has 16 aromatic rings. The van der Waals surface area contributed by atoms with Crippen molar-refractivity contribution in [1.82, 2.24) is 0 Å². The zero-order valence-corrected chi connectivity index (χ0v) is 47.0. The highest BCUT2D eigenvalue weighted by atomic mass is 14.4. The van der Waals surface area contributed by atoms with E-state index < -0.39 is 0 Å². The minimum Gasteiger partial charge on any atom is -0.0622 e. The van der Waals surface area contributed by atoms with Gasteiger partial charge < -0.3 is 0 Å². The molecular formula is C86H52. The van der Waals surface area contributed by atoms with E-state index in [-0.39, 0.29) is 0 Å². The molecule has 0 nitrogen and oxygen atoms in total. The van der Waals surface area contributed by atoms with Gasteiger partial charge in [0.25, 0.3) is 0 Å². The van der Waals surface area contributed by atoms with E-state index in [1.165, 1.54) is 187 Å². The Hall–Kier alpha value is -11.2. The molecule has 0 unspecified atom stereocenters. The number of hydrogen-bond donors (Lipinski definition) is 0. The number of rotatable bonds is 8. The molecule has 0 radical (unpaired) electrons. The van der Waals surface area contributed by atoms with Gasteiger partial charge in [-0.3, -0.25) is 0 Å². The van der Waals surface area contributed by atoms with Gasteiger partial charge in [0.05, 0.1) is 0 Å². The maximum Gasteiger partial charge on any atom is -0.000740 e. The molecule has 0 fully saturated rings. The van der Waals surface area contributed by atoms with Gasteiger partial charge in [0.2, 0.25) is 0 Å². The summed E-state index contributed by atoms with van der Waals surface area (Å²) in [5.74, 6) is 0. The molecule has 0 aliphatic heterocycles. The minimum absolute atomic E-state index is 1.19. The second kappa shape index (κ2) is 19.2. The van der Waals surface area contributed by atoms with Crippen LogP contribution in [0.15, 0.2) is 315 Å². The van der Waals surface area contributed by atoms with Crippen molar-refractivity contribution in [2.75, 3.05) is 0 Å². The Morgan fingerprint density at radius 1 is 0.128 bits per heavy atom. The SMILES string of the molecule is c1ccc(-c2ccc(-c3c4c(c(-c5ccc6ccccc6c5)c5cc(-c6ccccc6)c(-c6ccccc6)cc35)-c3ccc(-c5ccc6c7c(cccc57)-c5c(-c7ccccc7)ccc(-c7ccc8ccccc8c7)c5-6)c5cccc-4c35)cc2)cc1. The molecule has 2 aliphatic carbocycles. The summed E-state index contributed by atoms with van der Waals surface area (Å²) in [7, 11) is 0. The number of hydrogen-bond acceptors (Lipinski definition) is 0. The van der Waals surface area contributed by atoms with Crippen LogP contribution in [0.5, 0.6) is 0 Å². The van der Waals surface area contributed by atoms with Crippen LogP contribution in [-0.4, -0.2) is 0 Å². The molecule has 0 saturated carbocycles. The van der Waals surface area contributed by atoms with Gasteiger partial charge in [0.1, 0.15) is 0 Å². The van der Waals surface area contributed by atoms with Crippen molar-refractivity contribution in [2.45, 2.75) is 0 Å². The molecule has 86 heavy (non-hydrogen) atoms. The molecule has 396 valence electrons. The maximum atomic E-state index is 2.52. The summed E-state index contributed by atoms with van der Waals surface area (Å²) in [6.45, 7) is 0. The molecule has 2 aliphatic rings. The van der Waals surface area contributed by atoms with Crippen LogP contribution in [0.25, 0.3) is 187 Å². The van der Waals surface area contributed by atoms with E-state index >= 15 is 0 Å². The Morgan fingerprint density at radius 3 is 0.988 bits per heavy atom. The number of fused-ring (bicyclic) bond motifs is 9. The molecular weight excluding hydrogens is 1030 g/mol. The average molecular weight is 1090 g/mol. The van der Waals surface area contributed by atoms with E-state index in [0.717, 1.165) is 0 Å². The van der Waals surface area contributed by atoms with Crippen molar-refractivity contribution in [2.24, 2.45) is 0 Å². The van der Waals surface area contributed by atoms with Crippen molar-refractivity contribution in [3.63, 3.8) is 0 Å². The highest BCUT2D eigenvalue weighted by Crippen LogP contribution is 2.61. The van der Waals surface area contributed by atoms with Gasteiger partial charge in [0, 0.05) is 0 Å². The highest BCUT2D eigenvalue weighted by Gasteiger charge is 2.34. The zero-order valence-electron chi connectivity index (χ0n) is 47.0. The van der Waals surface area contributed by atoms with Crippen molar-refractivity contribution in [3.05, 3.63) is 315 Å². The topological polar surface area (TPSA) is 0 Å². The molecule has 0 bridgehead atoms. The molecule has 0 atom stereocenters. The van der Waals surface area contributed by atoms with Crippen molar-refractivity contribution in [1.29, 1.82) is 0 Å². The quantitative estimate of drug-likeness (QED) is 0.142. The van der Waals surface area contributed by atoms with E-state index in [4.69, 9.17) is 0 Å². The molecule has 0 N–H and O–H groups in total. The molecule has 18 rings (SSSR count).